The predicted octanol–water partition coefficient (Wildman–Crippen LogP) is 5.00. The quantitative estimate of drug-likeness (QED) is 0.306. The van der Waals surface area contributed by atoms with Crippen molar-refractivity contribution < 1.29 is 28.7 Å². The SMILES string of the molecule is CC(C)(C)OC(=O)NCC(=O)Nc1ccccc1C(=O)NC(=O)Nc1ccc(Oc2ncc(Cl)cn2)c(Cl)c1. The van der Waals surface area contributed by atoms with E-state index in [0.29, 0.717) is 5.02 Å². The molecule has 14 heteroatoms. The van der Waals surface area contributed by atoms with Crippen molar-refractivity contribution in [3.63, 3.8) is 0 Å². The van der Waals surface area contributed by atoms with Gasteiger partial charge < -0.3 is 25.4 Å². The number of aromatic nitrogens is 2. The van der Waals surface area contributed by atoms with Crippen LogP contribution in [0.1, 0.15) is 31.1 Å². The molecule has 3 rings (SSSR count). The van der Waals surface area contributed by atoms with Gasteiger partial charge in [-0.3, -0.25) is 14.9 Å². The van der Waals surface area contributed by atoms with Gasteiger partial charge in [0.2, 0.25) is 5.91 Å². The normalized spacial score (nSPS) is 10.7. The first-order chi connectivity index (χ1) is 18.4. The monoisotopic (exact) mass is 574 g/mol. The number of imide groups is 1. The van der Waals surface area contributed by atoms with Crippen molar-refractivity contribution >= 4 is 58.5 Å². The lowest BCUT2D eigenvalue weighted by Gasteiger charge is -2.19. The first-order valence-corrected chi connectivity index (χ1v) is 12.1. The minimum atomic E-state index is -0.849. The summed E-state index contributed by atoms with van der Waals surface area (Å²) in [5.74, 6) is -1.16. The Morgan fingerprint density at radius 3 is 2.31 bits per heavy atom. The van der Waals surface area contributed by atoms with Gasteiger partial charge in [-0.25, -0.2) is 19.6 Å². The number of urea groups is 1. The van der Waals surface area contributed by atoms with Crippen LogP contribution in [0.2, 0.25) is 10.0 Å². The van der Waals surface area contributed by atoms with Crippen LogP contribution in [0.25, 0.3) is 0 Å². The van der Waals surface area contributed by atoms with Crippen molar-refractivity contribution in [1.82, 2.24) is 20.6 Å². The molecular weight excluding hydrogens is 551 g/mol. The molecule has 39 heavy (non-hydrogen) atoms. The number of anilines is 2. The van der Waals surface area contributed by atoms with E-state index in [4.69, 9.17) is 32.7 Å². The standard InChI is InChI=1S/C25H24Cl2N6O6/c1-25(2,3)39-24(37)30-13-20(34)32-18-7-5-4-6-16(18)21(35)33-22(36)31-15-8-9-19(17(27)10-15)38-23-28-11-14(26)12-29-23/h4-12H,13H2,1-3H3,(H,30,37)(H,32,34)(H2,31,33,35,36). The van der Waals surface area contributed by atoms with Gasteiger partial charge >= 0.3 is 18.1 Å². The smallest absolute Gasteiger partial charge is 0.408 e. The molecule has 12 nitrogen and oxygen atoms in total. The Bertz CT molecular complexity index is 1380. The van der Waals surface area contributed by atoms with E-state index in [1.165, 1.54) is 42.7 Å². The second kappa shape index (κ2) is 12.9. The number of hydrogen-bond acceptors (Lipinski definition) is 8. The van der Waals surface area contributed by atoms with Crippen LogP contribution in [0.5, 0.6) is 11.8 Å². The molecule has 2 aromatic carbocycles. The molecular formula is C25H24Cl2N6O6. The van der Waals surface area contributed by atoms with Crippen LogP contribution < -0.4 is 26.0 Å². The Kier molecular flexibility index (Phi) is 9.63. The molecule has 1 heterocycles. The van der Waals surface area contributed by atoms with Crippen LogP contribution in [-0.2, 0) is 9.53 Å². The predicted molar refractivity (Wildman–Crippen MR) is 144 cm³/mol. The van der Waals surface area contributed by atoms with Crippen molar-refractivity contribution in [2.75, 3.05) is 17.2 Å². The van der Waals surface area contributed by atoms with Gasteiger partial charge in [-0.1, -0.05) is 35.3 Å². The number of para-hydroxylation sites is 1. The van der Waals surface area contributed by atoms with Crippen LogP contribution in [0.3, 0.4) is 0 Å². The van der Waals surface area contributed by atoms with Crippen molar-refractivity contribution in [3.05, 3.63) is 70.5 Å². The first kappa shape index (κ1) is 29.1. The van der Waals surface area contributed by atoms with Crippen molar-refractivity contribution in [2.24, 2.45) is 0 Å². The third kappa shape index (κ3) is 9.43. The Morgan fingerprint density at radius 1 is 0.949 bits per heavy atom. The highest BCUT2D eigenvalue weighted by Crippen LogP contribution is 2.30. The number of carbonyl (C=O) groups excluding carboxylic acids is 4. The number of nitrogens with one attached hydrogen (secondary N) is 4. The number of hydrogen-bond donors (Lipinski definition) is 4. The number of amides is 5. The zero-order valence-electron chi connectivity index (χ0n) is 21.0. The van der Waals surface area contributed by atoms with Gasteiger partial charge in [0.15, 0.2) is 0 Å². The summed E-state index contributed by atoms with van der Waals surface area (Å²) < 4.78 is 10.6. The summed E-state index contributed by atoms with van der Waals surface area (Å²) >= 11 is 12.0. The lowest BCUT2D eigenvalue weighted by atomic mass is 10.1. The molecule has 0 saturated carbocycles. The number of nitrogens with zero attached hydrogens (tertiary/aromatic N) is 2. The molecule has 0 aliphatic rings. The summed E-state index contributed by atoms with van der Waals surface area (Å²) in [7, 11) is 0. The number of benzene rings is 2. The summed E-state index contributed by atoms with van der Waals surface area (Å²) in [4.78, 5) is 57.0. The largest absolute Gasteiger partial charge is 0.444 e. The second-order valence-corrected chi connectivity index (χ2v) is 9.63. The zero-order valence-corrected chi connectivity index (χ0v) is 22.5. The van der Waals surface area contributed by atoms with Gasteiger partial charge in [0.1, 0.15) is 17.9 Å². The van der Waals surface area contributed by atoms with Crippen molar-refractivity contribution in [2.45, 2.75) is 26.4 Å². The third-order valence-electron chi connectivity index (χ3n) is 4.45. The van der Waals surface area contributed by atoms with Gasteiger partial charge in [-0.2, -0.15) is 0 Å². The average molecular weight is 575 g/mol. The highest BCUT2D eigenvalue weighted by Gasteiger charge is 2.19. The van der Waals surface area contributed by atoms with Gasteiger partial charge in [-0.15, -0.1) is 0 Å². The second-order valence-electron chi connectivity index (χ2n) is 8.79. The molecule has 1 aromatic heterocycles. The average Bonchev–Trinajstić information content (AvgIpc) is 2.85. The van der Waals surface area contributed by atoms with Crippen LogP contribution in [0.15, 0.2) is 54.9 Å². The third-order valence-corrected chi connectivity index (χ3v) is 4.94. The summed E-state index contributed by atoms with van der Waals surface area (Å²) in [6.45, 7) is 4.67. The summed E-state index contributed by atoms with van der Waals surface area (Å²) in [5, 5.41) is 9.99. The van der Waals surface area contributed by atoms with E-state index in [0.717, 1.165) is 0 Å². The lowest BCUT2D eigenvalue weighted by molar-refractivity contribution is -0.115. The van der Waals surface area contributed by atoms with Crippen LogP contribution in [-0.4, -0.2) is 46.1 Å². The molecule has 0 bridgehead atoms. The number of carbonyl (C=O) groups is 4. The van der Waals surface area contributed by atoms with Crippen molar-refractivity contribution in [1.29, 1.82) is 0 Å². The number of ether oxygens (including phenoxy) is 2. The van der Waals surface area contributed by atoms with Crippen LogP contribution >= 0.6 is 23.2 Å². The van der Waals surface area contributed by atoms with E-state index in [9.17, 15) is 19.2 Å². The van der Waals surface area contributed by atoms with Crippen LogP contribution in [0, 0.1) is 0 Å². The Balaban J connectivity index is 1.57. The fourth-order valence-corrected chi connectivity index (χ4v) is 3.21. The molecule has 0 aliphatic carbocycles. The number of alkyl carbamates (subject to hydrolysis) is 1. The molecule has 0 unspecified atom stereocenters. The van der Waals surface area contributed by atoms with E-state index >= 15 is 0 Å². The molecule has 4 N–H and O–H groups in total. The first-order valence-electron chi connectivity index (χ1n) is 11.3. The molecule has 0 aliphatic heterocycles. The summed E-state index contributed by atoms with van der Waals surface area (Å²) in [5.41, 5.74) is -0.306. The van der Waals surface area contributed by atoms with E-state index in [1.807, 2.05) is 0 Å². The van der Waals surface area contributed by atoms with Gasteiger partial charge in [0.25, 0.3) is 5.91 Å². The zero-order chi connectivity index (χ0) is 28.6. The fourth-order valence-electron chi connectivity index (χ4n) is 2.90. The van der Waals surface area contributed by atoms with Gasteiger partial charge in [-0.05, 0) is 51.1 Å². The maximum Gasteiger partial charge on any atom is 0.408 e. The highest BCUT2D eigenvalue weighted by atomic mass is 35.5. The maximum absolute atomic E-state index is 12.7. The van der Waals surface area contributed by atoms with Crippen molar-refractivity contribution in [3.8, 4) is 11.8 Å². The number of halogens is 2. The van der Waals surface area contributed by atoms with Gasteiger partial charge in [0, 0.05) is 5.69 Å². The number of rotatable bonds is 7. The van der Waals surface area contributed by atoms with Crippen LogP contribution in [0.4, 0.5) is 21.0 Å². The maximum atomic E-state index is 12.7. The summed E-state index contributed by atoms with van der Waals surface area (Å²) in [6.07, 6.45) is 1.96. The molecule has 0 fully saturated rings. The van der Waals surface area contributed by atoms with E-state index in [-0.39, 0.29) is 33.7 Å². The molecule has 204 valence electrons. The molecule has 3 aromatic rings. The summed E-state index contributed by atoms with van der Waals surface area (Å²) in [6, 6.07) is 9.60. The Hall–Kier alpha value is -4.42. The molecule has 0 saturated heterocycles. The Labute approximate surface area is 233 Å². The fraction of sp³-hybridized carbons (Fsp3) is 0.200. The highest BCUT2D eigenvalue weighted by molar-refractivity contribution is 6.32. The van der Waals surface area contributed by atoms with E-state index in [2.05, 4.69) is 31.2 Å². The Morgan fingerprint density at radius 2 is 1.64 bits per heavy atom. The molecule has 0 radical (unpaired) electrons. The molecule has 5 amide bonds. The minimum Gasteiger partial charge on any atom is -0.444 e. The lowest BCUT2D eigenvalue weighted by Crippen LogP contribution is -2.38. The minimum absolute atomic E-state index is 0.0167. The van der Waals surface area contributed by atoms with E-state index < -0.39 is 36.1 Å². The molecule has 0 spiro atoms. The topological polar surface area (TPSA) is 161 Å². The van der Waals surface area contributed by atoms with Gasteiger partial charge in [0.05, 0.1) is 33.7 Å². The molecule has 0 atom stereocenters. The van der Waals surface area contributed by atoms with E-state index in [1.54, 1.807) is 32.9 Å².